The third-order valence-corrected chi connectivity index (χ3v) is 8.86. The molecule has 0 saturated carbocycles. The highest BCUT2D eigenvalue weighted by Crippen LogP contribution is 2.42. The van der Waals surface area contributed by atoms with Crippen LogP contribution in [0, 0.1) is 0 Å². The van der Waals surface area contributed by atoms with Crippen molar-refractivity contribution in [1.29, 1.82) is 0 Å². The Morgan fingerprint density at radius 1 is 1.08 bits per heavy atom. The van der Waals surface area contributed by atoms with Gasteiger partial charge in [-0.2, -0.15) is 0 Å². The summed E-state index contributed by atoms with van der Waals surface area (Å²) in [5.41, 5.74) is 6.10. The van der Waals surface area contributed by atoms with Gasteiger partial charge in [-0.1, -0.05) is 48.5 Å². The van der Waals surface area contributed by atoms with Crippen molar-refractivity contribution in [2.24, 2.45) is 0 Å². The van der Waals surface area contributed by atoms with Gasteiger partial charge >= 0.3 is 0 Å². The van der Waals surface area contributed by atoms with Crippen molar-refractivity contribution in [1.82, 2.24) is 9.71 Å². The standard InChI is InChI=1S/C29H31N3O3S2/c1-19(2)35-27-15-12-21(16-26(27)30-3)29-31-17-28(36-29)24-11-7-10-23-22(24)13-14-25(23)32-37(33,34)18-20-8-5-4-6-9-20/h4-12,15-17,19,25,30,32H,13-14,18H2,1-3H3/t25-/m0/s1. The van der Waals surface area contributed by atoms with Crippen molar-refractivity contribution in [3.05, 3.63) is 89.6 Å². The number of nitrogens with zero attached hydrogens (tertiary/aromatic N) is 1. The third kappa shape index (κ3) is 5.71. The molecule has 8 heteroatoms. The number of anilines is 1. The average molecular weight is 534 g/mol. The zero-order valence-electron chi connectivity index (χ0n) is 21.2. The molecule has 1 aliphatic carbocycles. The normalized spacial score (nSPS) is 15.1. The Kier molecular flexibility index (Phi) is 7.33. The number of aromatic nitrogens is 1. The van der Waals surface area contributed by atoms with Crippen molar-refractivity contribution in [3.63, 3.8) is 0 Å². The first kappa shape index (κ1) is 25.4. The van der Waals surface area contributed by atoms with Gasteiger partial charge in [-0.3, -0.25) is 0 Å². The molecule has 192 valence electrons. The Labute approximate surface area is 222 Å². The van der Waals surface area contributed by atoms with Gasteiger partial charge < -0.3 is 10.1 Å². The molecule has 1 aromatic heterocycles. The van der Waals surface area contributed by atoms with Crippen molar-refractivity contribution >= 4 is 27.0 Å². The Balaban J connectivity index is 1.38. The summed E-state index contributed by atoms with van der Waals surface area (Å²) in [6.45, 7) is 4.02. The second-order valence-electron chi connectivity index (χ2n) is 9.48. The molecule has 0 spiro atoms. The van der Waals surface area contributed by atoms with Gasteiger partial charge in [0.05, 0.1) is 22.4 Å². The fraction of sp³-hybridized carbons (Fsp3) is 0.276. The largest absolute Gasteiger partial charge is 0.489 e. The van der Waals surface area contributed by atoms with Crippen LogP contribution < -0.4 is 14.8 Å². The van der Waals surface area contributed by atoms with Gasteiger partial charge in [-0.15, -0.1) is 11.3 Å². The number of ether oxygens (including phenoxy) is 1. The zero-order valence-corrected chi connectivity index (χ0v) is 22.8. The van der Waals surface area contributed by atoms with E-state index in [9.17, 15) is 8.42 Å². The van der Waals surface area contributed by atoms with E-state index >= 15 is 0 Å². The number of hydrogen-bond acceptors (Lipinski definition) is 6. The van der Waals surface area contributed by atoms with E-state index in [-0.39, 0.29) is 17.9 Å². The molecule has 1 atom stereocenters. The van der Waals surface area contributed by atoms with Gasteiger partial charge in [0, 0.05) is 24.8 Å². The van der Waals surface area contributed by atoms with E-state index in [1.807, 2.05) is 81.7 Å². The summed E-state index contributed by atoms with van der Waals surface area (Å²) in [7, 11) is -1.58. The molecule has 37 heavy (non-hydrogen) atoms. The van der Waals surface area contributed by atoms with Crippen molar-refractivity contribution < 1.29 is 13.2 Å². The quantitative estimate of drug-likeness (QED) is 0.260. The zero-order chi connectivity index (χ0) is 26.0. The first-order valence-electron chi connectivity index (χ1n) is 12.4. The highest BCUT2D eigenvalue weighted by molar-refractivity contribution is 7.88. The number of sulfonamides is 1. The summed E-state index contributed by atoms with van der Waals surface area (Å²) in [6.07, 6.45) is 3.58. The van der Waals surface area contributed by atoms with Gasteiger partial charge in [0.25, 0.3) is 0 Å². The summed E-state index contributed by atoms with van der Waals surface area (Å²) in [5, 5.41) is 4.15. The van der Waals surface area contributed by atoms with E-state index in [0.717, 1.165) is 56.4 Å². The molecule has 0 unspecified atom stereocenters. The fourth-order valence-corrected chi connectivity index (χ4v) is 7.16. The van der Waals surface area contributed by atoms with Gasteiger partial charge in [-0.25, -0.2) is 18.1 Å². The van der Waals surface area contributed by atoms with Crippen molar-refractivity contribution in [2.45, 2.75) is 44.6 Å². The number of nitrogens with one attached hydrogen (secondary N) is 2. The van der Waals surface area contributed by atoms with Crippen LogP contribution in [0.15, 0.2) is 72.9 Å². The molecule has 1 heterocycles. The van der Waals surface area contributed by atoms with E-state index in [0.29, 0.717) is 0 Å². The Hall–Kier alpha value is -3.20. The lowest BCUT2D eigenvalue weighted by atomic mass is 10.0. The lowest BCUT2D eigenvalue weighted by molar-refractivity contribution is 0.244. The van der Waals surface area contributed by atoms with E-state index in [1.54, 1.807) is 11.3 Å². The molecule has 0 radical (unpaired) electrons. The van der Waals surface area contributed by atoms with Gasteiger partial charge in [0.15, 0.2) is 0 Å². The molecular weight excluding hydrogens is 502 g/mol. The number of thiazole rings is 1. The van der Waals surface area contributed by atoms with Crippen LogP contribution in [0.1, 0.15) is 43.0 Å². The minimum Gasteiger partial charge on any atom is -0.489 e. The van der Waals surface area contributed by atoms with Crippen LogP contribution in [0.25, 0.3) is 21.0 Å². The lowest BCUT2D eigenvalue weighted by Gasteiger charge is -2.15. The van der Waals surface area contributed by atoms with Crippen LogP contribution in [-0.4, -0.2) is 26.6 Å². The summed E-state index contributed by atoms with van der Waals surface area (Å²) in [5.74, 6) is 0.798. The molecule has 5 rings (SSSR count). The van der Waals surface area contributed by atoms with E-state index in [4.69, 9.17) is 9.72 Å². The number of benzene rings is 3. The summed E-state index contributed by atoms with van der Waals surface area (Å²) >= 11 is 1.64. The number of hydrogen-bond donors (Lipinski definition) is 2. The van der Waals surface area contributed by atoms with E-state index in [1.165, 1.54) is 5.56 Å². The van der Waals surface area contributed by atoms with Crippen LogP contribution in [0.2, 0.25) is 0 Å². The monoisotopic (exact) mass is 533 g/mol. The second kappa shape index (κ2) is 10.7. The molecule has 2 N–H and O–H groups in total. The van der Waals surface area contributed by atoms with Crippen molar-refractivity contribution in [3.8, 4) is 26.8 Å². The maximum atomic E-state index is 12.9. The van der Waals surface area contributed by atoms with Gasteiger partial charge in [0.1, 0.15) is 10.8 Å². The molecule has 1 aliphatic rings. The topological polar surface area (TPSA) is 80.3 Å². The predicted molar refractivity (Wildman–Crippen MR) is 152 cm³/mol. The third-order valence-electron chi connectivity index (χ3n) is 6.42. The molecule has 0 saturated heterocycles. The Morgan fingerprint density at radius 3 is 2.65 bits per heavy atom. The highest BCUT2D eigenvalue weighted by atomic mass is 32.2. The molecule has 0 bridgehead atoms. The number of rotatable bonds is 9. The molecule has 0 fully saturated rings. The van der Waals surface area contributed by atoms with Crippen LogP contribution >= 0.6 is 11.3 Å². The SMILES string of the molecule is CNc1cc(-c2ncc(-c3cccc4c3CC[C@@H]4NS(=O)(=O)Cc3ccccc3)s2)ccc1OC(C)C. The first-order chi connectivity index (χ1) is 17.8. The highest BCUT2D eigenvalue weighted by Gasteiger charge is 2.29. The maximum Gasteiger partial charge on any atom is 0.216 e. The van der Waals surface area contributed by atoms with Crippen LogP contribution in [0.3, 0.4) is 0 Å². The molecule has 0 amide bonds. The van der Waals surface area contributed by atoms with Crippen LogP contribution in [0.5, 0.6) is 5.75 Å². The van der Waals surface area contributed by atoms with Crippen molar-refractivity contribution in [2.75, 3.05) is 12.4 Å². The minimum absolute atomic E-state index is 0.0207. The molecular formula is C29H31N3O3S2. The van der Waals surface area contributed by atoms with Crippen LogP contribution in [0.4, 0.5) is 5.69 Å². The average Bonchev–Trinajstić information content (AvgIpc) is 3.52. The summed E-state index contributed by atoms with van der Waals surface area (Å²) < 4.78 is 34.6. The Bertz CT molecular complexity index is 1500. The molecule has 6 nitrogen and oxygen atoms in total. The summed E-state index contributed by atoms with van der Waals surface area (Å²) in [6, 6.07) is 21.3. The molecule has 3 aromatic carbocycles. The lowest BCUT2D eigenvalue weighted by Crippen LogP contribution is -2.28. The predicted octanol–water partition coefficient (Wildman–Crippen LogP) is 6.41. The number of fused-ring (bicyclic) bond motifs is 1. The summed E-state index contributed by atoms with van der Waals surface area (Å²) in [4.78, 5) is 5.80. The minimum atomic E-state index is -3.46. The van der Waals surface area contributed by atoms with Crippen LogP contribution in [-0.2, 0) is 22.2 Å². The Morgan fingerprint density at radius 2 is 1.89 bits per heavy atom. The molecule has 4 aromatic rings. The smallest absolute Gasteiger partial charge is 0.216 e. The molecule has 0 aliphatic heterocycles. The van der Waals surface area contributed by atoms with E-state index in [2.05, 4.69) is 22.2 Å². The maximum absolute atomic E-state index is 12.9. The fourth-order valence-electron chi connectivity index (χ4n) is 4.81. The van der Waals surface area contributed by atoms with E-state index < -0.39 is 10.0 Å². The first-order valence-corrected chi connectivity index (χ1v) is 14.9. The van der Waals surface area contributed by atoms with Gasteiger partial charge in [0.2, 0.25) is 10.0 Å². The van der Waals surface area contributed by atoms with Gasteiger partial charge in [-0.05, 0) is 67.1 Å². The second-order valence-corrected chi connectivity index (χ2v) is 12.3.